The molecular formula is C17H26N2O5. The van der Waals surface area contributed by atoms with Crippen LogP contribution in [-0.2, 0) is 9.53 Å². The molecule has 7 heteroatoms. The van der Waals surface area contributed by atoms with Crippen molar-refractivity contribution in [2.45, 2.75) is 32.7 Å². The normalized spacial score (nSPS) is 17.0. The number of aliphatic carboxylic acids is 1. The van der Waals surface area contributed by atoms with Crippen molar-refractivity contribution in [3.05, 3.63) is 24.2 Å². The first-order chi connectivity index (χ1) is 11.5. The molecule has 24 heavy (non-hydrogen) atoms. The van der Waals surface area contributed by atoms with Crippen LogP contribution in [0.25, 0.3) is 0 Å². The molecule has 134 valence electrons. The van der Waals surface area contributed by atoms with Crippen LogP contribution in [0, 0.1) is 11.8 Å². The molecule has 2 N–H and O–H groups in total. The molecule has 0 aliphatic carbocycles. The Morgan fingerprint density at radius 2 is 2.08 bits per heavy atom. The van der Waals surface area contributed by atoms with E-state index in [1.165, 1.54) is 0 Å². The van der Waals surface area contributed by atoms with Crippen molar-refractivity contribution in [2.24, 2.45) is 11.8 Å². The van der Waals surface area contributed by atoms with Gasteiger partial charge in [-0.2, -0.15) is 0 Å². The first-order valence-corrected chi connectivity index (χ1v) is 8.36. The van der Waals surface area contributed by atoms with Gasteiger partial charge in [-0.1, -0.05) is 13.8 Å². The zero-order chi connectivity index (χ0) is 17.5. The summed E-state index contributed by atoms with van der Waals surface area (Å²) in [5.41, 5.74) is 0. The van der Waals surface area contributed by atoms with E-state index in [1.807, 2.05) is 0 Å². The molecule has 1 aromatic heterocycles. The number of likely N-dealkylation sites (tertiary alicyclic amines) is 1. The number of carboxylic acids is 1. The lowest BCUT2D eigenvalue weighted by Gasteiger charge is -2.31. The number of carbonyl (C=O) groups excluding carboxylic acids is 1. The number of nitrogens with one attached hydrogen (secondary N) is 1. The van der Waals surface area contributed by atoms with Crippen LogP contribution in [0.3, 0.4) is 0 Å². The molecular weight excluding hydrogens is 312 g/mol. The fourth-order valence-corrected chi connectivity index (χ4v) is 2.68. The Bertz CT molecular complexity index is 521. The second kappa shape index (κ2) is 8.73. The van der Waals surface area contributed by atoms with E-state index in [4.69, 9.17) is 14.3 Å². The minimum atomic E-state index is -0.786. The van der Waals surface area contributed by atoms with Gasteiger partial charge in [0.2, 0.25) is 0 Å². The number of ether oxygens (including phenoxy) is 1. The molecule has 1 unspecified atom stereocenters. The Morgan fingerprint density at radius 1 is 1.38 bits per heavy atom. The van der Waals surface area contributed by atoms with Gasteiger partial charge in [0.1, 0.15) is 11.8 Å². The quantitative estimate of drug-likeness (QED) is 0.797. The topological polar surface area (TPSA) is 92.0 Å². The van der Waals surface area contributed by atoms with Crippen LogP contribution in [0.1, 0.15) is 38.5 Å². The van der Waals surface area contributed by atoms with E-state index in [1.54, 1.807) is 23.3 Å². The van der Waals surface area contributed by atoms with Crippen LogP contribution in [0.5, 0.6) is 0 Å². The first kappa shape index (κ1) is 18.3. The van der Waals surface area contributed by atoms with Crippen LogP contribution in [-0.4, -0.2) is 48.3 Å². The van der Waals surface area contributed by atoms with Gasteiger partial charge < -0.3 is 24.5 Å². The summed E-state index contributed by atoms with van der Waals surface area (Å²) in [6, 6.07) is 3.01. The minimum absolute atomic E-state index is 0.214. The van der Waals surface area contributed by atoms with Gasteiger partial charge in [-0.15, -0.1) is 0 Å². The van der Waals surface area contributed by atoms with Crippen LogP contribution in [0.4, 0.5) is 4.79 Å². The highest BCUT2D eigenvalue weighted by Gasteiger charge is 2.28. The van der Waals surface area contributed by atoms with Gasteiger partial charge in [0, 0.05) is 19.7 Å². The highest BCUT2D eigenvalue weighted by atomic mass is 16.5. The number of rotatable bonds is 7. The Morgan fingerprint density at radius 3 is 2.62 bits per heavy atom. The van der Waals surface area contributed by atoms with Crippen molar-refractivity contribution in [1.82, 2.24) is 10.2 Å². The molecule has 0 bridgehead atoms. The van der Waals surface area contributed by atoms with Crippen LogP contribution < -0.4 is 5.32 Å². The zero-order valence-corrected chi connectivity index (χ0v) is 14.2. The summed E-state index contributed by atoms with van der Waals surface area (Å²) in [6.07, 6.45) is 2.53. The number of furan rings is 1. The highest BCUT2D eigenvalue weighted by Crippen LogP contribution is 2.19. The number of carboxylic acid groups (broad SMARTS) is 1. The molecule has 1 aliphatic rings. The number of amides is 2. The SMILES string of the molecule is CC(C)COCC(NC(=O)N1CCC(C(=O)O)CC1)c1ccco1. The van der Waals surface area contributed by atoms with Crippen molar-refractivity contribution in [2.75, 3.05) is 26.3 Å². The summed E-state index contributed by atoms with van der Waals surface area (Å²) in [7, 11) is 0. The Balaban J connectivity index is 1.89. The number of urea groups is 1. The van der Waals surface area contributed by atoms with Crippen LogP contribution >= 0.6 is 0 Å². The number of hydrogen-bond donors (Lipinski definition) is 2. The fraction of sp³-hybridized carbons (Fsp3) is 0.647. The van der Waals surface area contributed by atoms with Gasteiger partial charge in [0.15, 0.2) is 0 Å². The van der Waals surface area contributed by atoms with E-state index in [0.29, 0.717) is 50.8 Å². The largest absolute Gasteiger partial charge is 0.481 e. The van der Waals surface area contributed by atoms with Gasteiger partial charge in [0.05, 0.1) is 18.8 Å². The van der Waals surface area contributed by atoms with Crippen molar-refractivity contribution in [1.29, 1.82) is 0 Å². The van der Waals surface area contributed by atoms with Crippen LogP contribution in [0.15, 0.2) is 22.8 Å². The van der Waals surface area contributed by atoms with Crippen molar-refractivity contribution < 1.29 is 23.8 Å². The lowest BCUT2D eigenvalue weighted by atomic mass is 9.97. The third kappa shape index (κ3) is 5.26. The van der Waals surface area contributed by atoms with E-state index in [0.717, 1.165) is 0 Å². The molecule has 2 amide bonds. The fourth-order valence-electron chi connectivity index (χ4n) is 2.68. The molecule has 1 aromatic rings. The molecule has 7 nitrogen and oxygen atoms in total. The van der Waals surface area contributed by atoms with E-state index < -0.39 is 5.97 Å². The lowest BCUT2D eigenvalue weighted by molar-refractivity contribution is -0.143. The molecule has 0 spiro atoms. The maximum Gasteiger partial charge on any atom is 0.318 e. The van der Waals surface area contributed by atoms with E-state index >= 15 is 0 Å². The second-order valence-corrected chi connectivity index (χ2v) is 6.55. The molecule has 0 aromatic carbocycles. The summed E-state index contributed by atoms with van der Waals surface area (Å²) < 4.78 is 11.0. The molecule has 2 heterocycles. The number of carbonyl (C=O) groups is 2. The second-order valence-electron chi connectivity index (χ2n) is 6.55. The molecule has 1 fully saturated rings. The predicted octanol–water partition coefficient (Wildman–Crippen LogP) is 2.50. The Labute approximate surface area is 142 Å². The molecule has 1 atom stereocenters. The zero-order valence-electron chi connectivity index (χ0n) is 14.2. The van der Waals surface area contributed by atoms with E-state index in [-0.39, 0.29) is 18.0 Å². The summed E-state index contributed by atoms with van der Waals surface area (Å²) in [6.45, 7) is 5.96. The van der Waals surface area contributed by atoms with E-state index in [9.17, 15) is 9.59 Å². The maximum atomic E-state index is 12.4. The van der Waals surface area contributed by atoms with Gasteiger partial charge in [-0.05, 0) is 30.9 Å². The van der Waals surface area contributed by atoms with Crippen LogP contribution in [0.2, 0.25) is 0 Å². The van der Waals surface area contributed by atoms with Gasteiger partial charge >= 0.3 is 12.0 Å². The molecule has 1 saturated heterocycles. The smallest absolute Gasteiger partial charge is 0.318 e. The molecule has 0 saturated carbocycles. The average molecular weight is 338 g/mol. The third-order valence-electron chi connectivity index (χ3n) is 4.05. The average Bonchev–Trinajstić information content (AvgIpc) is 3.08. The standard InChI is InChI=1S/C17H26N2O5/c1-12(2)10-23-11-14(15-4-3-9-24-15)18-17(22)19-7-5-13(6-8-19)16(20)21/h3-4,9,12-14H,5-8,10-11H2,1-2H3,(H,18,22)(H,20,21). The Kier molecular flexibility index (Phi) is 6.66. The van der Waals surface area contributed by atoms with E-state index in [2.05, 4.69) is 19.2 Å². The summed E-state index contributed by atoms with van der Waals surface area (Å²) in [5, 5.41) is 12.0. The molecule has 2 rings (SSSR count). The highest BCUT2D eigenvalue weighted by molar-refractivity contribution is 5.75. The van der Waals surface area contributed by atoms with Crippen molar-refractivity contribution in [3.8, 4) is 0 Å². The first-order valence-electron chi connectivity index (χ1n) is 8.36. The number of hydrogen-bond acceptors (Lipinski definition) is 4. The summed E-state index contributed by atoms with van der Waals surface area (Å²) in [4.78, 5) is 25.1. The number of nitrogens with zero attached hydrogens (tertiary/aromatic N) is 1. The Hall–Kier alpha value is -2.02. The third-order valence-corrected chi connectivity index (χ3v) is 4.05. The summed E-state index contributed by atoms with van der Waals surface area (Å²) in [5.74, 6) is -0.0876. The maximum absolute atomic E-state index is 12.4. The van der Waals surface area contributed by atoms with Gasteiger partial charge in [-0.3, -0.25) is 4.79 Å². The minimum Gasteiger partial charge on any atom is -0.481 e. The molecule has 0 radical (unpaired) electrons. The molecule has 1 aliphatic heterocycles. The number of piperidine rings is 1. The van der Waals surface area contributed by atoms with Crippen molar-refractivity contribution >= 4 is 12.0 Å². The van der Waals surface area contributed by atoms with Gasteiger partial charge in [-0.25, -0.2) is 4.79 Å². The predicted molar refractivity (Wildman–Crippen MR) is 87.6 cm³/mol. The summed E-state index contributed by atoms with van der Waals surface area (Å²) >= 11 is 0. The van der Waals surface area contributed by atoms with Crippen molar-refractivity contribution in [3.63, 3.8) is 0 Å². The van der Waals surface area contributed by atoms with Gasteiger partial charge in [0.25, 0.3) is 0 Å². The monoisotopic (exact) mass is 338 g/mol. The lowest BCUT2D eigenvalue weighted by Crippen LogP contribution is -2.47.